The van der Waals surface area contributed by atoms with Gasteiger partial charge in [0.05, 0.1) is 0 Å². The maximum atomic E-state index is 5.59. The maximum absolute atomic E-state index is 5.59. The lowest BCUT2D eigenvalue weighted by Crippen LogP contribution is -1.83. The van der Waals surface area contributed by atoms with Crippen LogP contribution in [0.25, 0.3) is 0 Å². The van der Waals surface area contributed by atoms with Crippen LogP contribution in [0.5, 0.6) is 11.5 Å². The third-order valence-electron chi connectivity index (χ3n) is 1.68. The Bertz CT molecular complexity index is 417. The van der Waals surface area contributed by atoms with E-state index in [1.54, 1.807) is 12.4 Å². The summed E-state index contributed by atoms with van der Waals surface area (Å²) in [5.74, 6) is 1.60. The predicted octanol–water partition coefficient (Wildman–Crippen LogP) is 3.64. The number of benzene rings is 1. The highest BCUT2D eigenvalue weighted by atomic mass is 79.9. The highest BCUT2D eigenvalue weighted by Crippen LogP contribution is 2.23. The fourth-order valence-electron chi connectivity index (χ4n) is 1.07. The van der Waals surface area contributed by atoms with Gasteiger partial charge in [-0.05, 0) is 30.3 Å². The van der Waals surface area contributed by atoms with E-state index in [1.807, 2.05) is 36.4 Å². The van der Waals surface area contributed by atoms with Crippen LogP contribution < -0.4 is 4.74 Å². The molecule has 0 aliphatic carbocycles. The van der Waals surface area contributed by atoms with E-state index in [0.29, 0.717) is 0 Å². The van der Waals surface area contributed by atoms with Crippen molar-refractivity contribution in [1.29, 1.82) is 0 Å². The van der Waals surface area contributed by atoms with Gasteiger partial charge in [0.1, 0.15) is 11.5 Å². The molecule has 0 atom stereocenters. The molecule has 0 saturated carbocycles. The molecule has 2 nitrogen and oxygen atoms in total. The van der Waals surface area contributed by atoms with E-state index in [-0.39, 0.29) is 0 Å². The quantitative estimate of drug-likeness (QED) is 0.811. The molecule has 0 aliphatic heterocycles. The van der Waals surface area contributed by atoms with E-state index >= 15 is 0 Å². The van der Waals surface area contributed by atoms with Crippen LogP contribution in [-0.2, 0) is 0 Å². The minimum atomic E-state index is 0.790. The third-order valence-corrected chi connectivity index (χ3v) is 2.17. The smallest absolute Gasteiger partial charge is 0.130 e. The van der Waals surface area contributed by atoms with Crippen molar-refractivity contribution in [3.63, 3.8) is 0 Å². The first-order chi connectivity index (χ1) is 6.84. The van der Waals surface area contributed by atoms with Gasteiger partial charge in [0, 0.05) is 16.9 Å². The van der Waals surface area contributed by atoms with Gasteiger partial charge >= 0.3 is 0 Å². The molecular formula is C11H8BrNO. The summed E-state index contributed by atoms with van der Waals surface area (Å²) >= 11 is 3.38. The van der Waals surface area contributed by atoms with Gasteiger partial charge in [-0.2, -0.15) is 0 Å². The Labute approximate surface area is 90.7 Å². The van der Waals surface area contributed by atoms with E-state index < -0.39 is 0 Å². The Hall–Kier alpha value is -1.35. The summed E-state index contributed by atoms with van der Waals surface area (Å²) in [7, 11) is 0. The predicted molar refractivity (Wildman–Crippen MR) is 58.5 cm³/mol. The topological polar surface area (TPSA) is 22.1 Å². The second kappa shape index (κ2) is 4.24. The van der Waals surface area contributed by atoms with Gasteiger partial charge in [-0.1, -0.05) is 22.0 Å². The average molecular weight is 250 g/mol. The molecule has 1 aromatic carbocycles. The molecule has 0 unspecified atom stereocenters. The SMILES string of the molecule is Brc1cccc(Oc2ccncc2)c1. The molecular weight excluding hydrogens is 242 g/mol. The van der Waals surface area contributed by atoms with E-state index in [1.165, 1.54) is 0 Å². The Balaban J connectivity index is 2.19. The number of nitrogens with zero attached hydrogens (tertiary/aromatic N) is 1. The van der Waals surface area contributed by atoms with Crippen molar-refractivity contribution in [1.82, 2.24) is 4.98 Å². The average Bonchev–Trinajstić information content (AvgIpc) is 2.19. The molecule has 0 bridgehead atoms. The molecule has 3 heteroatoms. The number of pyridine rings is 1. The van der Waals surface area contributed by atoms with Gasteiger partial charge < -0.3 is 4.74 Å². The Kier molecular flexibility index (Phi) is 2.79. The molecule has 0 radical (unpaired) electrons. The molecule has 14 heavy (non-hydrogen) atoms. The Morgan fingerprint density at radius 1 is 1.00 bits per heavy atom. The van der Waals surface area contributed by atoms with Crippen LogP contribution in [0.2, 0.25) is 0 Å². The number of aromatic nitrogens is 1. The number of hydrogen-bond acceptors (Lipinski definition) is 2. The molecule has 0 amide bonds. The fourth-order valence-corrected chi connectivity index (χ4v) is 1.45. The summed E-state index contributed by atoms with van der Waals surface area (Å²) in [6.07, 6.45) is 3.40. The first-order valence-corrected chi connectivity index (χ1v) is 4.97. The summed E-state index contributed by atoms with van der Waals surface area (Å²) < 4.78 is 6.59. The summed E-state index contributed by atoms with van der Waals surface area (Å²) in [6.45, 7) is 0. The monoisotopic (exact) mass is 249 g/mol. The number of hydrogen-bond donors (Lipinski definition) is 0. The van der Waals surface area contributed by atoms with Crippen molar-refractivity contribution in [3.8, 4) is 11.5 Å². The summed E-state index contributed by atoms with van der Waals surface area (Å²) in [5, 5.41) is 0. The molecule has 0 aliphatic rings. The fraction of sp³-hybridized carbons (Fsp3) is 0. The summed E-state index contributed by atoms with van der Waals surface area (Å²) in [5.41, 5.74) is 0. The molecule has 0 fully saturated rings. The highest BCUT2D eigenvalue weighted by molar-refractivity contribution is 9.10. The maximum Gasteiger partial charge on any atom is 0.130 e. The van der Waals surface area contributed by atoms with Crippen LogP contribution in [0, 0.1) is 0 Å². The molecule has 2 rings (SSSR count). The largest absolute Gasteiger partial charge is 0.457 e. The highest BCUT2D eigenvalue weighted by Gasteiger charge is 1.96. The van der Waals surface area contributed by atoms with E-state index in [2.05, 4.69) is 20.9 Å². The van der Waals surface area contributed by atoms with Crippen molar-refractivity contribution < 1.29 is 4.74 Å². The van der Waals surface area contributed by atoms with Crippen molar-refractivity contribution in [3.05, 3.63) is 53.3 Å². The molecule has 1 heterocycles. The molecule has 0 spiro atoms. The second-order valence-electron chi connectivity index (χ2n) is 2.74. The van der Waals surface area contributed by atoms with Crippen LogP contribution in [0.15, 0.2) is 53.3 Å². The van der Waals surface area contributed by atoms with Crippen LogP contribution >= 0.6 is 15.9 Å². The molecule has 2 aromatic rings. The van der Waals surface area contributed by atoms with Gasteiger partial charge in [0.25, 0.3) is 0 Å². The lowest BCUT2D eigenvalue weighted by molar-refractivity contribution is 0.481. The lowest BCUT2D eigenvalue weighted by Gasteiger charge is -2.04. The van der Waals surface area contributed by atoms with Crippen LogP contribution in [0.3, 0.4) is 0 Å². The summed E-state index contributed by atoms with van der Waals surface area (Å²) in [6, 6.07) is 11.4. The van der Waals surface area contributed by atoms with E-state index in [0.717, 1.165) is 16.0 Å². The van der Waals surface area contributed by atoms with Crippen molar-refractivity contribution >= 4 is 15.9 Å². The number of halogens is 1. The zero-order chi connectivity index (χ0) is 9.80. The van der Waals surface area contributed by atoms with E-state index in [9.17, 15) is 0 Å². The van der Waals surface area contributed by atoms with Crippen molar-refractivity contribution in [2.24, 2.45) is 0 Å². The van der Waals surface area contributed by atoms with Crippen molar-refractivity contribution in [2.45, 2.75) is 0 Å². The molecule has 0 N–H and O–H groups in total. The molecule has 1 aromatic heterocycles. The number of rotatable bonds is 2. The second-order valence-corrected chi connectivity index (χ2v) is 3.66. The van der Waals surface area contributed by atoms with Gasteiger partial charge in [-0.25, -0.2) is 0 Å². The Morgan fingerprint density at radius 2 is 1.79 bits per heavy atom. The first-order valence-electron chi connectivity index (χ1n) is 4.18. The first kappa shape index (κ1) is 9.21. The molecule has 70 valence electrons. The Morgan fingerprint density at radius 3 is 2.50 bits per heavy atom. The zero-order valence-electron chi connectivity index (χ0n) is 7.35. The third kappa shape index (κ3) is 2.33. The van der Waals surface area contributed by atoms with Crippen LogP contribution in [0.1, 0.15) is 0 Å². The van der Waals surface area contributed by atoms with Gasteiger partial charge in [0.15, 0.2) is 0 Å². The zero-order valence-corrected chi connectivity index (χ0v) is 8.94. The minimum Gasteiger partial charge on any atom is -0.457 e. The normalized spacial score (nSPS) is 9.79. The van der Waals surface area contributed by atoms with E-state index in [4.69, 9.17) is 4.74 Å². The lowest BCUT2D eigenvalue weighted by atomic mass is 10.3. The minimum absolute atomic E-state index is 0.790. The standard InChI is InChI=1S/C11H8BrNO/c12-9-2-1-3-11(8-9)14-10-4-6-13-7-5-10/h1-8H. The summed E-state index contributed by atoms with van der Waals surface area (Å²) in [4.78, 5) is 3.92. The van der Waals surface area contributed by atoms with Gasteiger partial charge in [0.2, 0.25) is 0 Å². The van der Waals surface area contributed by atoms with Crippen LogP contribution in [0.4, 0.5) is 0 Å². The van der Waals surface area contributed by atoms with Gasteiger partial charge in [-0.15, -0.1) is 0 Å². The van der Waals surface area contributed by atoms with Gasteiger partial charge in [-0.3, -0.25) is 4.98 Å². The van der Waals surface area contributed by atoms with Crippen LogP contribution in [-0.4, -0.2) is 4.98 Å². The van der Waals surface area contributed by atoms with Crippen molar-refractivity contribution in [2.75, 3.05) is 0 Å². The number of ether oxygens (including phenoxy) is 1. The molecule has 0 saturated heterocycles.